The van der Waals surface area contributed by atoms with E-state index in [9.17, 15) is 4.79 Å². The normalized spacial score (nSPS) is 11.0. The van der Waals surface area contributed by atoms with E-state index in [0.29, 0.717) is 23.4 Å². The fraction of sp³-hybridized carbons (Fsp3) is 0.294. The van der Waals surface area contributed by atoms with Crippen molar-refractivity contribution in [2.75, 3.05) is 14.2 Å². The van der Waals surface area contributed by atoms with E-state index in [1.807, 2.05) is 26.0 Å². The van der Waals surface area contributed by atoms with E-state index >= 15 is 0 Å². The van der Waals surface area contributed by atoms with Crippen LogP contribution in [0, 0.1) is 13.8 Å². The molecule has 0 spiro atoms. The number of aromatic nitrogens is 2. The second kappa shape index (κ2) is 6.57. The van der Waals surface area contributed by atoms with E-state index < -0.39 is 0 Å². The van der Waals surface area contributed by atoms with E-state index in [2.05, 4.69) is 20.9 Å². The minimum atomic E-state index is -0.0363. The molecule has 0 fully saturated rings. The number of halogens is 1. The van der Waals surface area contributed by atoms with Crippen LogP contribution in [0.15, 0.2) is 27.7 Å². The molecule has 0 saturated heterocycles. The number of benzene rings is 1. The highest BCUT2D eigenvalue weighted by atomic mass is 79.9. The highest BCUT2D eigenvalue weighted by Crippen LogP contribution is 2.33. The van der Waals surface area contributed by atoms with Gasteiger partial charge in [0.05, 0.1) is 37.0 Å². The topological polar surface area (TPSA) is 53.4 Å². The first kappa shape index (κ1) is 17.0. The van der Waals surface area contributed by atoms with Crippen molar-refractivity contribution in [1.29, 1.82) is 0 Å². The molecule has 1 aromatic carbocycles. The van der Waals surface area contributed by atoms with Gasteiger partial charge in [0.1, 0.15) is 16.3 Å². The number of fused-ring (bicyclic) bond motifs is 1. The summed E-state index contributed by atoms with van der Waals surface area (Å²) >= 11 is 4.99. The zero-order valence-corrected chi connectivity index (χ0v) is 16.2. The predicted octanol–water partition coefficient (Wildman–Crippen LogP) is 3.90. The second-order valence-corrected chi connectivity index (χ2v) is 7.50. The SMILES string of the molecule is COc1cc(Cn2cnc3sc(C)c(C)c3c2=O)c(OC)cc1Br. The molecule has 2 heterocycles. The lowest BCUT2D eigenvalue weighted by Gasteiger charge is -2.13. The minimum absolute atomic E-state index is 0.0363. The minimum Gasteiger partial charge on any atom is -0.496 e. The van der Waals surface area contributed by atoms with Gasteiger partial charge in [-0.2, -0.15) is 0 Å². The van der Waals surface area contributed by atoms with Crippen LogP contribution in [-0.2, 0) is 6.54 Å². The van der Waals surface area contributed by atoms with Gasteiger partial charge in [0, 0.05) is 10.4 Å². The Kier molecular flexibility index (Phi) is 4.64. The first-order valence-corrected chi connectivity index (χ1v) is 8.92. The molecule has 0 amide bonds. The molecule has 126 valence electrons. The molecule has 0 radical (unpaired) electrons. The fourth-order valence-electron chi connectivity index (χ4n) is 2.61. The number of nitrogens with zero attached hydrogens (tertiary/aromatic N) is 2. The molecule has 3 aromatic rings. The molecule has 5 nitrogen and oxygen atoms in total. The van der Waals surface area contributed by atoms with Gasteiger partial charge in [-0.25, -0.2) is 4.98 Å². The molecule has 0 aliphatic heterocycles. The van der Waals surface area contributed by atoms with Crippen LogP contribution in [0.4, 0.5) is 0 Å². The van der Waals surface area contributed by atoms with E-state index in [0.717, 1.165) is 25.3 Å². The Morgan fingerprint density at radius 2 is 1.92 bits per heavy atom. The molecule has 0 bridgehead atoms. The maximum absolute atomic E-state index is 12.8. The number of methoxy groups -OCH3 is 2. The first-order chi connectivity index (χ1) is 11.5. The smallest absolute Gasteiger partial charge is 0.262 e. The van der Waals surface area contributed by atoms with Gasteiger partial charge in [-0.1, -0.05) is 0 Å². The van der Waals surface area contributed by atoms with Gasteiger partial charge in [-0.05, 0) is 47.5 Å². The van der Waals surface area contributed by atoms with Crippen LogP contribution in [0.2, 0.25) is 0 Å². The van der Waals surface area contributed by atoms with Gasteiger partial charge in [-0.15, -0.1) is 11.3 Å². The standard InChI is InChI=1S/C17H17BrN2O3S/c1-9-10(2)24-16-15(9)17(21)20(8-19-16)7-11-5-14(23-4)12(18)6-13(11)22-3/h5-6,8H,7H2,1-4H3. The van der Waals surface area contributed by atoms with E-state index in [4.69, 9.17) is 9.47 Å². The highest BCUT2D eigenvalue weighted by Gasteiger charge is 2.15. The molecule has 0 aliphatic rings. The molecule has 0 aliphatic carbocycles. The van der Waals surface area contributed by atoms with Crippen molar-refractivity contribution in [1.82, 2.24) is 9.55 Å². The maximum Gasteiger partial charge on any atom is 0.262 e. The molecule has 0 saturated carbocycles. The van der Waals surface area contributed by atoms with Crippen molar-refractivity contribution in [3.05, 3.63) is 49.3 Å². The Morgan fingerprint density at radius 1 is 1.21 bits per heavy atom. The van der Waals surface area contributed by atoms with Crippen LogP contribution in [0.5, 0.6) is 11.5 Å². The summed E-state index contributed by atoms with van der Waals surface area (Å²) in [6.45, 7) is 4.34. The van der Waals surface area contributed by atoms with Gasteiger partial charge in [0.2, 0.25) is 0 Å². The largest absolute Gasteiger partial charge is 0.496 e. The number of aryl methyl sites for hydroxylation is 2. The van der Waals surface area contributed by atoms with Gasteiger partial charge in [-0.3, -0.25) is 9.36 Å². The van der Waals surface area contributed by atoms with Crippen molar-refractivity contribution >= 4 is 37.5 Å². The predicted molar refractivity (Wildman–Crippen MR) is 99.7 cm³/mol. The number of rotatable bonds is 4. The van der Waals surface area contributed by atoms with E-state index in [1.165, 1.54) is 0 Å². The Balaban J connectivity index is 2.12. The van der Waals surface area contributed by atoms with Crippen molar-refractivity contribution in [2.24, 2.45) is 0 Å². The zero-order chi connectivity index (χ0) is 17.4. The van der Waals surface area contributed by atoms with Crippen LogP contribution >= 0.6 is 27.3 Å². The van der Waals surface area contributed by atoms with Crippen LogP contribution in [0.25, 0.3) is 10.2 Å². The molecule has 7 heteroatoms. The summed E-state index contributed by atoms with van der Waals surface area (Å²) in [5.41, 5.74) is 1.82. The molecule has 24 heavy (non-hydrogen) atoms. The lowest BCUT2D eigenvalue weighted by Crippen LogP contribution is -2.21. The Morgan fingerprint density at radius 3 is 2.58 bits per heavy atom. The first-order valence-electron chi connectivity index (χ1n) is 7.31. The number of thiophene rings is 1. The van der Waals surface area contributed by atoms with Gasteiger partial charge in [0.15, 0.2) is 0 Å². The maximum atomic E-state index is 12.8. The van der Waals surface area contributed by atoms with Crippen molar-refractivity contribution in [3.8, 4) is 11.5 Å². The lowest BCUT2D eigenvalue weighted by atomic mass is 10.1. The fourth-order valence-corrected chi connectivity index (χ4v) is 4.09. The Hall–Kier alpha value is -1.86. The van der Waals surface area contributed by atoms with Crippen molar-refractivity contribution < 1.29 is 9.47 Å². The Labute approximate surface area is 152 Å². The summed E-state index contributed by atoms with van der Waals surface area (Å²) in [6.07, 6.45) is 1.59. The quantitative estimate of drug-likeness (QED) is 0.656. The molecule has 2 aromatic heterocycles. The summed E-state index contributed by atoms with van der Waals surface area (Å²) in [5, 5.41) is 0.697. The highest BCUT2D eigenvalue weighted by molar-refractivity contribution is 9.10. The third kappa shape index (κ3) is 2.82. The third-order valence-electron chi connectivity index (χ3n) is 4.05. The number of hydrogen-bond acceptors (Lipinski definition) is 5. The van der Waals surface area contributed by atoms with Crippen LogP contribution in [0.3, 0.4) is 0 Å². The number of hydrogen-bond donors (Lipinski definition) is 0. The van der Waals surface area contributed by atoms with E-state index in [1.54, 1.807) is 36.5 Å². The van der Waals surface area contributed by atoms with Crippen LogP contribution < -0.4 is 15.0 Å². The summed E-state index contributed by atoms with van der Waals surface area (Å²) in [4.78, 5) is 19.2. The third-order valence-corrected chi connectivity index (χ3v) is 5.79. The molecule has 0 N–H and O–H groups in total. The van der Waals surface area contributed by atoms with Gasteiger partial charge in [0.25, 0.3) is 5.56 Å². The summed E-state index contributed by atoms with van der Waals surface area (Å²) in [7, 11) is 3.21. The summed E-state index contributed by atoms with van der Waals surface area (Å²) in [6, 6.07) is 3.70. The van der Waals surface area contributed by atoms with Crippen LogP contribution in [0.1, 0.15) is 16.0 Å². The van der Waals surface area contributed by atoms with Crippen LogP contribution in [-0.4, -0.2) is 23.8 Å². The van der Waals surface area contributed by atoms with Crippen molar-refractivity contribution in [2.45, 2.75) is 20.4 Å². The second-order valence-electron chi connectivity index (χ2n) is 5.44. The Bertz CT molecular complexity index is 978. The zero-order valence-electron chi connectivity index (χ0n) is 13.8. The monoisotopic (exact) mass is 408 g/mol. The summed E-state index contributed by atoms with van der Waals surface area (Å²) < 4.78 is 13.2. The summed E-state index contributed by atoms with van der Waals surface area (Å²) in [5.74, 6) is 1.38. The average Bonchev–Trinajstić information content (AvgIpc) is 2.86. The molecule has 3 rings (SSSR count). The van der Waals surface area contributed by atoms with Gasteiger partial charge < -0.3 is 9.47 Å². The molecule has 0 unspecified atom stereocenters. The molecular formula is C17H17BrN2O3S. The lowest BCUT2D eigenvalue weighted by molar-refractivity contribution is 0.395. The van der Waals surface area contributed by atoms with E-state index in [-0.39, 0.29) is 5.56 Å². The molecular weight excluding hydrogens is 392 g/mol. The molecule has 0 atom stereocenters. The number of ether oxygens (including phenoxy) is 2. The average molecular weight is 409 g/mol. The van der Waals surface area contributed by atoms with Crippen molar-refractivity contribution in [3.63, 3.8) is 0 Å². The van der Waals surface area contributed by atoms with Gasteiger partial charge >= 0.3 is 0 Å².